The quantitative estimate of drug-likeness (QED) is 0.279. The van der Waals surface area contributed by atoms with Gasteiger partial charge in [-0.05, 0) is 66.0 Å². The minimum atomic E-state index is -4.63. The Morgan fingerprint density at radius 1 is 1.29 bits per heavy atom. The number of halogens is 4. The summed E-state index contributed by atoms with van der Waals surface area (Å²) in [5.74, 6) is 0. The fourth-order valence-electron chi connectivity index (χ4n) is 3.82. The molecule has 6 nitrogen and oxygen atoms in total. The molecule has 0 bridgehead atoms. The van der Waals surface area contributed by atoms with E-state index in [9.17, 15) is 21.6 Å². The van der Waals surface area contributed by atoms with Gasteiger partial charge in [0.1, 0.15) is 17.4 Å². The zero-order valence-corrected chi connectivity index (χ0v) is 23.1. The molecule has 0 aliphatic carbocycles. The molecule has 0 N–H and O–H groups in total. The van der Waals surface area contributed by atoms with Gasteiger partial charge in [-0.25, -0.2) is 13.1 Å². The molecule has 34 heavy (non-hydrogen) atoms. The molecular weight excluding hydrogens is 553 g/mol. The van der Waals surface area contributed by atoms with Crippen molar-refractivity contribution in [2.45, 2.75) is 74.1 Å². The molecule has 1 aliphatic rings. The molecule has 1 fully saturated rings. The van der Waals surface area contributed by atoms with Crippen LogP contribution in [-0.4, -0.2) is 44.2 Å². The third kappa shape index (κ3) is 6.31. The van der Waals surface area contributed by atoms with Gasteiger partial charge in [-0.3, -0.25) is 0 Å². The largest absolute Gasteiger partial charge is 0.416 e. The predicted molar refractivity (Wildman–Crippen MR) is 129 cm³/mol. The Labute approximate surface area is 207 Å². The number of sulfone groups is 1. The maximum atomic E-state index is 13.5. The standard InChI is InChI=1S/C22H30BrF3N2O4SSi/c1-21(33(29,30)17-7-5-6-16(12-17)22(24,25)26)8-9-32-19(14-21)18-13-20(23)27-28(18)15-31-10-11-34(2,3)4/h5-7,12-13,19H,8-11,14-15H2,1-4H3. The van der Waals surface area contributed by atoms with Crippen molar-refractivity contribution >= 4 is 33.8 Å². The van der Waals surface area contributed by atoms with Gasteiger partial charge in [0.05, 0.1) is 20.9 Å². The minimum Gasteiger partial charge on any atom is -0.372 e. The smallest absolute Gasteiger partial charge is 0.372 e. The van der Waals surface area contributed by atoms with Crippen molar-refractivity contribution in [2.75, 3.05) is 13.2 Å². The first kappa shape index (κ1) is 27.4. The number of ether oxygens (including phenoxy) is 2. The molecule has 2 aromatic rings. The van der Waals surface area contributed by atoms with Gasteiger partial charge in [0.15, 0.2) is 9.84 Å². The number of rotatable bonds is 8. The molecule has 0 saturated carbocycles. The number of hydrogen-bond acceptors (Lipinski definition) is 5. The molecule has 2 unspecified atom stereocenters. The molecule has 2 heterocycles. The second-order valence-electron chi connectivity index (χ2n) is 10.0. The highest BCUT2D eigenvalue weighted by molar-refractivity contribution is 9.10. The lowest BCUT2D eigenvalue weighted by molar-refractivity contribution is -0.137. The van der Waals surface area contributed by atoms with Gasteiger partial charge in [-0.15, -0.1) is 0 Å². The van der Waals surface area contributed by atoms with Crippen molar-refractivity contribution < 1.29 is 31.1 Å². The van der Waals surface area contributed by atoms with E-state index >= 15 is 0 Å². The lowest BCUT2D eigenvalue weighted by Gasteiger charge is -2.37. The summed E-state index contributed by atoms with van der Waals surface area (Å²) in [4.78, 5) is -0.338. The zero-order valence-electron chi connectivity index (χ0n) is 19.7. The molecule has 190 valence electrons. The lowest BCUT2D eigenvalue weighted by Crippen LogP contribution is -2.42. The Morgan fingerprint density at radius 3 is 2.65 bits per heavy atom. The summed E-state index contributed by atoms with van der Waals surface area (Å²) in [6.45, 7) is 9.29. The molecule has 12 heteroatoms. The van der Waals surface area contributed by atoms with Crippen LogP contribution in [0.5, 0.6) is 0 Å². The van der Waals surface area contributed by atoms with Gasteiger partial charge in [0.25, 0.3) is 0 Å². The molecule has 0 radical (unpaired) electrons. The highest BCUT2D eigenvalue weighted by Crippen LogP contribution is 2.43. The Hall–Kier alpha value is -1.21. The molecule has 1 aromatic carbocycles. The third-order valence-corrected chi connectivity index (χ3v) is 10.6. The summed E-state index contributed by atoms with van der Waals surface area (Å²) in [6.07, 6.45) is -4.97. The van der Waals surface area contributed by atoms with E-state index in [2.05, 4.69) is 40.7 Å². The van der Waals surface area contributed by atoms with Crippen molar-refractivity contribution in [3.63, 3.8) is 0 Å². The summed E-state index contributed by atoms with van der Waals surface area (Å²) in [5, 5.41) is 4.39. The van der Waals surface area contributed by atoms with E-state index in [1.165, 1.54) is 6.07 Å². The Bertz CT molecular complexity index is 1120. The first-order valence-electron chi connectivity index (χ1n) is 11.0. The average Bonchev–Trinajstić information content (AvgIpc) is 3.10. The normalized spacial score (nSPS) is 22.2. The topological polar surface area (TPSA) is 70.4 Å². The molecule has 1 aliphatic heterocycles. The third-order valence-electron chi connectivity index (χ3n) is 6.01. The van der Waals surface area contributed by atoms with Crippen molar-refractivity contribution in [1.82, 2.24) is 9.78 Å². The van der Waals surface area contributed by atoms with Crippen molar-refractivity contribution in [1.29, 1.82) is 0 Å². The van der Waals surface area contributed by atoms with Crippen LogP contribution in [0.15, 0.2) is 39.8 Å². The van der Waals surface area contributed by atoms with Crippen molar-refractivity contribution in [3.05, 3.63) is 46.2 Å². The molecule has 3 rings (SSSR count). The molecule has 1 saturated heterocycles. The van der Waals surface area contributed by atoms with Crippen LogP contribution in [-0.2, 0) is 32.2 Å². The van der Waals surface area contributed by atoms with E-state index in [4.69, 9.17) is 9.47 Å². The fourth-order valence-corrected chi connectivity index (χ4v) is 6.83. The maximum absolute atomic E-state index is 13.5. The molecule has 0 spiro atoms. The first-order chi connectivity index (χ1) is 15.6. The van der Waals surface area contributed by atoms with Crippen LogP contribution in [0.2, 0.25) is 25.7 Å². The first-order valence-corrected chi connectivity index (χ1v) is 17.0. The van der Waals surface area contributed by atoms with Gasteiger partial charge in [-0.1, -0.05) is 25.7 Å². The summed E-state index contributed by atoms with van der Waals surface area (Å²) in [6, 6.07) is 6.67. The Kier molecular flexibility index (Phi) is 8.08. The van der Waals surface area contributed by atoms with Gasteiger partial charge in [0.2, 0.25) is 0 Å². The second-order valence-corrected chi connectivity index (χ2v) is 18.9. The van der Waals surface area contributed by atoms with E-state index < -0.39 is 40.5 Å². The van der Waals surface area contributed by atoms with E-state index in [1.54, 1.807) is 17.7 Å². The van der Waals surface area contributed by atoms with Crippen LogP contribution in [0.1, 0.15) is 37.1 Å². The molecule has 0 amide bonds. The van der Waals surface area contributed by atoms with Crippen LogP contribution < -0.4 is 0 Å². The fraction of sp³-hybridized carbons (Fsp3) is 0.591. The highest BCUT2D eigenvalue weighted by Gasteiger charge is 2.46. The minimum absolute atomic E-state index is 0.0820. The van der Waals surface area contributed by atoms with E-state index in [0.717, 1.165) is 18.2 Å². The number of aromatic nitrogens is 2. The zero-order chi connectivity index (χ0) is 25.4. The summed E-state index contributed by atoms with van der Waals surface area (Å²) < 4.78 is 79.1. The van der Waals surface area contributed by atoms with Crippen LogP contribution in [0.4, 0.5) is 13.2 Å². The number of benzene rings is 1. The summed E-state index contributed by atoms with van der Waals surface area (Å²) >= 11 is 3.36. The van der Waals surface area contributed by atoms with Crippen molar-refractivity contribution in [2.24, 2.45) is 0 Å². The monoisotopic (exact) mass is 582 g/mol. The van der Waals surface area contributed by atoms with Gasteiger partial charge < -0.3 is 9.47 Å². The summed E-state index contributed by atoms with van der Waals surface area (Å²) in [7, 11) is -5.33. The van der Waals surface area contributed by atoms with Gasteiger partial charge >= 0.3 is 6.18 Å². The highest BCUT2D eigenvalue weighted by atomic mass is 79.9. The van der Waals surface area contributed by atoms with E-state index in [0.29, 0.717) is 23.0 Å². The van der Waals surface area contributed by atoms with Crippen LogP contribution in [0, 0.1) is 0 Å². The Morgan fingerprint density at radius 2 is 2.00 bits per heavy atom. The van der Waals surface area contributed by atoms with Crippen molar-refractivity contribution in [3.8, 4) is 0 Å². The average molecular weight is 584 g/mol. The van der Waals surface area contributed by atoms with Crippen LogP contribution in [0.3, 0.4) is 0 Å². The predicted octanol–water partition coefficient (Wildman–Crippen LogP) is 6.06. The number of nitrogens with zero attached hydrogens (tertiary/aromatic N) is 2. The Balaban J connectivity index is 1.82. The molecular formula is C22H30BrF3N2O4SSi. The number of hydrogen-bond donors (Lipinski definition) is 0. The SMILES string of the molecule is CC1(S(=O)(=O)c2cccc(C(F)(F)F)c2)CCOC(c2cc(Br)nn2COCC[Si](C)(C)C)C1. The molecule has 1 aromatic heterocycles. The summed E-state index contributed by atoms with van der Waals surface area (Å²) in [5.41, 5.74) is -0.330. The number of alkyl halides is 3. The molecule has 2 atom stereocenters. The lowest BCUT2D eigenvalue weighted by atomic mass is 9.95. The van der Waals surface area contributed by atoms with E-state index in [-0.39, 0.29) is 31.1 Å². The van der Waals surface area contributed by atoms with Gasteiger partial charge in [-0.2, -0.15) is 18.3 Å². The maximum Gasteiger partial charge on any atom is 0.416 e. The second kappa shape index (κ2) is 10.0. The van der Waals surface area contributed by atoms with Gasteiger partial charge in [0, 0.05) is 21.3 Å². The van der Waals surface area contributed by atoms with Crippen LogP contribution >= 0.6 is 15.9 Å². The van der Waals surface area contributed by atoms with Crippen LogP contribution in [0.25, 0.3) is 0 Å². The van der Waals surface area contributed by atoms with E-state index in [1.807, 2.05) is 0 Å².